The second-order valence-corrected chi connectivity index (χ2v) is 11.6. The Balaban J connectivity index is 2.07. The minimum Gasteiger partial charge on any atom is -0.355 e. The first-order valence-corrected chi connectivity index (χ1v) is 14.6. The van der Waals surface area contributed by atoms with Gasteiger partial charge in [0.2, 0.25) is 21.8 Å². The molecule has 3 rings (SSSR count). The van der Waals surface area contributed by atoms with E-state index in [-0.39, 0.29) is 18.9 Å². The SMILES string of the molecule is CCNC(=O)[C@H](Cc1ccccc1)N(Cc1ccc(Cl)cc1)C(=O)CN(c1c(C)cccc1C)S(C)(=O)=O. The van der Waals surface area contributed by atoms with Crippen LogP contribution in [0.4, 0.5) is 5.69 Å². The van der Waals surface area contributed by atoms with Crippen molar-refractivity contribution in [2.45, 2.75) is 39.8 Å². The van der Waals surface area contributed by atoms with E-state index in [1.807, 2.05) is 69.3 Å². The average Bonchev–Trinajstić information content (AvgIpc) is 2.86. The van der Waals surface area contributed by atoms with Gasteiger partial charge in [-0.2, -0.15) is 0 Å². The number of carbonyl (C=O) groups is 2. The Hall–Kier alpha value is -3.36. The average molecular weight is 556 g/mol. The summed E-state index contributed by atoms with van der Waals surface area (Å²) in [6, 6.07) is 21.1. The molecule has 0 aliphatic heterocycles. The van der Waals surface area contributed by atoms with E-state index in [9.17, 15) is 18.0 Å². The van der Waals surface area contributed by atoms with Crippen molar-refractivity contribution in [2.75, 3.05) is 23.7 Å². The van der Waals surface area contributed by atoms with Gasteiger partial charge in [0.25, 0.3) is 0 Å². The third kappa shape index (κ3) is 7.58. The van der Waals surface area contributed by atoms with Gasteiger partial charge in [0.15, 0.2) is 0 Å². The van der Waals surface area contributed by atoms with E-state index in [4.69, 9.17) is 11.6 Å². The van der Waals surface area contributed by atoms with E-state index >= 15 is 0 Å². The van der Waals surface area contributed by atoms with Gasteiger partial charge in [0.1, 0.15) is 12.6 Å². The summed E-state index contributed by atoms with van der Waals surface area (Å²) in [5.74, 6) is -0.795. The monoisotopic (exact) mass is 555 g/mol. The van der Waals surface area contributed by atoms with Crippen LogP contribution in [0, 0.1) is 13.8 Å². The molecular formula is C29H34ClN3O4S. The van der Waals surface area contributed by atoms with Crippen molar-refractivity contribution in [2.24, 2.45) is 0 Å². The second-order valence-electron chi connectivity index (χ2n) is 9.26. The molecule has 9 heteroatoms. The van der Waals surface area contributed by atoms with Crippen molar-refractivity contribution in [3.8, 4) is 0 Å². The largest absolute Gasteiger partial charge is 0.355 e. The van der Waals surface area contributed by atoms with Gasteiger partial charge in [-0.1, -0.05) is 72.3 Å². The molecule has 1 N–H and O–H groups in total. The number of halogens is 1. The number of anilines is 1. The van der Waals surface area contributed by atoms with E-state index in [2.05, 4.69) is 5.32 Å². The van der Waals surface area contributed by atoms with Gasteiger partial charge in [0, 0.05) is 24.5 Å². The van der Waals surface area contributed by atoms with Crippen molar-refractivity contribution >= 4 is 39.1 Å². The molecule has 0 heterocycles. The number of hydrogen-bond donors (Lipinski definition) is 1. The summed E-state index contributed by atoms with van der Waals surface area (Å²) < 4.78 is 27.0. The van der Waals surface area contributed by atoms with Crippen LogP contribution in [0.25, 0.3) is 0 Å². The zero-order chi connectivity index (χ0) is 27.9. The lowest BCUT2D eigenvalue weighted by Gasteiger charge is -2.34. The molecule has 0 aliphatic carbocycles. The zero-order valence-electron chi connectivity index (χ0n) is 22.1. The maximum atomic E-state index is 14.0. The fraction of sp³-hybridized carbons (Fsp3) is 0.310. The Morgan fingerprint density at radius 2 is 1.50 bits per heavy atom. The number of nitrogens with one attached hydrogen (secondary N) is 1. The molecule has 202 valence electrons. The molecule has 0 saturated heterocycles. The van der Waals surface area contributed by atoms with Gasteiger partial charge in [-0.25, -0.2) is 8.42 Å². The highest BCUT2D eigenvalue weighted by atomic mass is 35.5. The smallest absolute Gasteiger partial charge is 0.244 e. The quantitative estimate of drug-likeness (QED) is 0.377. The molecule has 2 amide bonds. The van der Waals surface area contributed by atoms with Crippen LogP contribution in [0.1, 0.15) is 29.2 Å². The highest BCUT2D eigenvalue weighted by Gasteiger charge is 2.33. The molecule has 0 bridgehead atoms. The molecule has 38 heavy (non-hydrogen) atoms. The predicted octanol–water partition coefficient (Wildman–Crippen LogP) is 4.50. The fourth-order valence-electron chi connectivity index (χ4n) is 4.41. The Bertz CT molecular complexity index is 1340. The number of para-hydroxylation sites is 1. The topological polar surface area (TPSA) is 86.8 Å². The summed E-state index contributed by atoms with van der Waals surface area (Å²) in [7, 11) is -3.82. The fourth-order valence-corrected chi connectivity index (χ4v) is 5.50. The molecule has 0 radical (unpaired) electrons. The predicted molar refractivity (Wildman–Crippen MR) is 153 cm³/mol. The van der Waals surface area contributed by atoms with Crippen molar-refractivity contribution in [1.29, 1.82) is 0 Å². The number of benzene rings is 3. The maximum absolute atomic E-state index is 14.0. The van der Waals surface area contributed by atoms with Crippen LogP contribution in [0.2, 0.25) is 5.02 Å². The lowest BCUT2D eigenvalue weighted by atomic mass is 10.0. The van der Waals surface area contributed by atoms with Crippen LogP contribution in [-0.2, 0) is 32.6 Å². The number of rotatable bonds is 11. The van der Waals surface area contributed by atoms with Crippen LogP contribution in [0.3, 0.4) is 0 Å². The van der Waals surface area contributed by atoms with Crippen LogP contribution < -0.4 is 9.62 Å². The summed E-state index contributed by atoms with van der Waals surface area (Å²) >= 11 is 6.07. The number of nitrogens with zero attached hydrogens (tertiary/aromatic N) is 2. The number of carbonyl (C=O) groups excluding carboxylic acids is 2. The first-order chi connectivity index (χ1) is 18.0. The molecule has 0 aliphatic rings. The molecule has 1 atom stereocenters. The number of aryl methyl sites for hydroxylation is 2. The van der Waals surface area contributed by atoms with Crippen LogP contribution in [0.15, 0.2) is 72.8 Å². The molecule has 0 aromatic heterocycles. The maximum Gasteiger partial charge on any atom is 0.244 e. The Morgan fingerprint density at radius 1 is 0.895 bits per heavy atom. The molecular weight excluding hydrogens is 522 g/mol. The highest BCUT2D eigenvalue weighted by Crippen LogP contribution is 2.27. The molecule has 0 saturated carbocycles. The van der Waals surface area contributed by atoms with Crippen LogP contribution >= 0.6 is 11.6 Å². The van der Waals surface area contributed by atoms with Gasteiger partial charge >= 0.3 is 0 Å². The van der Waals surface area contributed by atoms with Crippen molar-refractivity contribution in [3.05, 3.63) is 100 Å². The third-order valence-corrected chi connectivity index (χ3v) is 7.62. The summed E-state index contributed by atoms with van der Waals surface area (Å²) in [4.78, 5) is 28.8. The second kappa shape index (κ2) is 12.9. The van der Waals surface area contributed by atoms with E-state index < -0.39 is 28.5 Å². The van der Waals surface area contributed by atoms with E-state index in [0.29, 0.717) is 17.3 Å². The van der Waals surface area contributed by atoms with E-state index in [1.54, 1.807) is 24.3 Å². The minimum atomic E-state index is -3.82. The van der Waals surface area contributed by atoms with Gasteiger partial charge in [-0.05, 0) is 55.2 Å². The lowest BCUT2D eigenvalue weighted by molar-refractivity contribution is -0.140. The summed E-state index contributed by atoms with van der Waals surface area (Å²) in [6.45, 7) is 5.49. The Kier molecular flexibility index (Phi) is 9.94. The number of hydrogen-bond acceptors (Lipinski definition) is 4. The molecule has 0 fully saturated rings. The van der Waals surface area contributed by atoms with Crippen molar-refractivity contribution in [1.82, 2.24) is 10.2 Å². The summed E-state index contributed by atoms with van der Waals surface area (Å²) in [6.07, 6.45) is 1.36. The summed E-state index contributed by atoms with van der Waals surface area (Å²) in [5.41, 5.74) is 3.58. The molecule has 3 aromatic carbocycles. The van der Waals surface area contributed by atoms with E-state index in [1.165, 1.54) is 4.90 Å². The van der Waals surface area contributed by atoms with E-state index in [0.717, 1.165) is 32.8 Å². The Labute approximate surface area is 230 Å². The minimum absolute atomic E-state index is 0.106. The van der Waals surface area contributed by atoms with Crippen molar-refractivity contribution in [3.63, 3.8) is 0 Å². The molecule has 7 nitrogen and oxygen atoms in total. The number of amides is 2. The number of likely N-dealkylation sites (N-methyl/N-ethyl adjacent to an activating group) is 1. The first-order valence-electron chi connectivity index (χ1n) is 12.4. The summed E-state index contributed by atoms with van der Waals surface area (Å²) in [5, 5.41) is 3.39. The molecule has 0 spiro atoms. The zero-order valence-corrected chi connectivity index (χ0v) is 23.7. The standard InChI is InChI=1S/C29H34ClN3O4S/c1-5-31-29(35)26(18-23-12-7-6-8-13-23)32(19-24-14-16-25(30)17-15-24)27(34)20-33(38(4,36)37)28-21(2)10-9-11-22(28)3/h6-17,26H,5,18-20H2,1-4H3,(H,31,35)/t26-/m0/s1. The highest BCUT2D eigenvalue weighted by molar-refractivity contribution is 7.92. The lowest BCUT2D eigenvalue weighted by Crippen LogP contribution is -2.53. The van der Waals surface area contributed by atoms with Gasteiger partial charge in [0.05, 0.1) is 11.9 Å². The first kappa shape index (κ1) is 29.2. The number of sulfonamides is 1. The van der Waals surface area contributed by atoms with Crippen LogP contribution in [-0.4, -0.2) is 50.5 Å². The Morgan fingerprint density at radius 3 is 2.05 bits per heavy atom. The van der Waals surface area contributed by atoms with Crippen LogP contribution in [0.5, 0.6) is 0 Å². The third-order valence-electron chi connectivity index (χ3n) is 6.26. The van der Waals surface area contributed by atoms with Crippen molar-refractivity contribution < 1.29 is 18.0 Å². The van der Waals surface area contributed by atoms with Gasteiger partial charge in [-0.3, -0.25) is 13.9 Å². The van der Waals surface area contributed by atoms with Gasteiger partial charge in [-0.15, -0.1) is 0 Å². The molecule has 0 unspecified atom stereocenters. The molecule has 3 aromatic rings. The normalized spacial score (nSPS) is 12.0. The van der Waals surface area contributed by atoms with Gasteiger partial charge < -0.3 is 10.2 Å².